The predicted molar refractivity (Wildman–Crippen MR) is 106 cm³/mol. The highest BCUT2D eigenvalue weighted by Crippen LogP contribution is 2.25. The molecule has 0 spiro atoms. The maximum Gasteiger partial charge on any atom is 0.256 e. The van der Waals surface area contributed by atoms with Gasteiger partial charge in [-0.25, -0.2) is 4.98 Å². The van der Waals surface area contributed by atoms with Crippen molar-refractivity contribution in [3.8, 4) is 0 Å². The van der Waals surface area contributed by atoms with Crippen LogP contribution in [0.4, 0.5) is 11.5 Å². The summed E-state index contributed by atoms with van der Waals surface area (Å²) in [6.07, 6.45) is 0. The highest BCUT2D eigenvalue weighted by Gasteiger charge is 2.18. The molecule has 2 aromatic carbocycles. The Bertz CT molecular complexity index is 892. The van der Waals surface area contributed by atoms with Crippen LogP contribution in [-0.2, 0) is 0 Å². The van der Waals surface area contributed by atoms with Gasteiger partial charge in [-0.05, 0) is 24.3 Å². The Morgan fingerprint density at radius 2 is 1.72 bits per heavy atom. The molecule has 1 aromatic heterocycles. The number of carbonyl (C=O) groups is 1. The van der Waals surface area contributed by atoms with Gasteiger partial charge >= 0.3 is 0 Å². The molecule has 4 rings (SSSR count). The molecule has 25 heavy (non-hydrogen) atoms. The number of benzene rings is 2. The van der Waals surface area contributed by atoms with Crippen LogP contribution in [0, 0.1) is 0 Å². The van der Waals surface area contributed by atoms with Gasteiger partial charge in [-0.3, -0.25) is 4.79 Å². The van der Waals surface area contributed by atoms with E-state index in [4.69, 9.17) is 4.98 Å². The van der Waals surface area contributed by atoms with Gasteiger partial charge in [0.25, 0.3) is 5.91 Å². The van der Waals surface area contributed by atoms with Crippen molar-refractivity contribution < 1.29 is 4.79 Å². The van der Waals surface area contributed by atoms with E-state index in [1.807, 2.05) is 72.4 Å². The van der Waals surface area contributed by atoms with Gasteiger partial charge in [0.1, 0.15) is 5.82 Å². The maximum atomic E-state index is 12.9. The quantitative estimate of drug-likeness (QED) is 0.775. The topological polar surface area (TPSA) is 45.2 Å². The second kappa shape index (κ2) is 7.15. The molecule has 1 saturated heterocycles. The second-order valence-electron chi connectivity index (χ2n) is 5.96. The van der Waals surface area contributed by atoms with Crippen LogP contribution in [0.15, 0.2) is 60.7 Å². The molecular formula is C20H19N3OS. The molecule has 1 aliphatic heterocycles. The molecule has 3 aromatic rings. The van der Waals surface area contributed by atoms with E-state index in [1.165, 1.54) is 0 Å². The highest BCUT2D eigenvalue weighted by molar-refractivity contribution is 7.99. The molecule has 4 nitrogen and oxygen atoms in total. The summed E-state index contributed by atoms with van der Waals surface area (Å²) in [7, 11) is 0. The molecule has 0 unspecified atom stereocenters. The summed E-state index contributed by atoms with van der Waals surface area (Å²) >= 11 is 1.96. The third-order valence-electron chi connectivity index (χ3n) is 4.31. The maximum absolute atomic E-state index is 12.9. The monoisotopic (exact) mass is 349 g/mol. The standard InChI is InChI=1S/C20H19N3OS/c24-20(21-15-6-2-1-3-7-15)17-14-19(23-10-12-25-13-11-23)22-18-9-5-4-8-16(17)18/h1-9,14H,10-13H2,(H,21,24). The van der Waals surface area contributed by atoms with Gasteiger partial charge in [-0.1, -0.05) is 36.4 Å². The minimum Gasteiger partial charge on any atom is -0.355 e. The van der Waals surface area contributed by atoms with E-state index in [1.54, 1.807) is 0 Å². The molecule has 0 radical (unpaired) electrons. The van der Waals surface area contributed by atoms with Crippen LogP contribution >= 0.6 is 11.8 Å². The van der Waals surface area contributed by atoms with E-state index in [0.717, 1.165) is 47.0 Å². The molecule has 0 atom stereocenters. The molecule has 5 heteroatoms. The number of anilines is 2. The number of hydrogen-bond donors (Lipinski definition) is 1. The highest BCUT2D eigenvalue weighted by atomic mass is 32.2. The molecule has 1 aliphatic rings. The fraction of sp³-hybridized carbons (Fsp3) is 0.200. The van der Waals surface area contributed by atoms with Crippen molar-refractivity contribution in [3.05, 3.63) is 66.2 Å². The number of pyridine rings is 1. The molecule has 0 aliphatic carbocycles. The summed E-state index contributed by atoms with van der Waals surface area (Å²) in [6, 6.07) is 19.3. The first-order valence-corrected chi connectivity index (χ1v) is 9.55. The number of nitrogens with one attached hydrogen (secondary N) is 1. The summed E-state index contributed by atoms with van der Waals surface area (Å²) in [5, 5.41) is 3.87. The zero-order valence-electron chi connectivity index (χ0n) is 13.8. The fourth-order valence-electron chi connectivity index (χ4n) is 3.02. The van der Waals surface area contributed by atoms with Crippen molar-refractivity contribution in [3.63, 3.8) is 0 Å². The predicted octanol–water partition coefficient (Wildman–Crippen LogP) is 4.04. The largest absolute Gasteiger partial charge is 0.355 e. The van der Waals surface area contributed by atoms with E-state index in [-0.39, 0.29) is 5.91 Å². The van der Waals surface area contributed by atoms with Crippen LogP contribution in [0.2, 0.25) is 0 Å². The lowest BCUT2D eigenvalue weighted by Crippen LogP contribution is -2.33. The number of para-hydroxylation sites is 2. The van der Waals surface area contributed by atoms with Crippen molar-refractivity contribution in [1.29, 1.82) is 0 Å². The van der Waals surface area contributed by atoms with Gasteiger partial charge in [0, 0.05) is 35.7 Å². The third-order valence-corrected chi connectivity index (χ3v) is 5.26. The van der Waals surface area contributed by atoms with E-state index in [9.17, 15) is 4.79 Å². The summed E-state index contributed by atoms with van der Waals surface area (Å²) in [5.74, 6) is 2.98. The Balaban J connectivity index is 1.74. The van der Waals surface area contributed by atoms with Crippen molar-refractivity contribution in [2.75, 3.05) is 34.8 Å². The number of hydrogen-bond acceptors (Lipinski definition) is 4. The van der Waals surface area contributed by atoms with Gasteiger partial charge < -0.3 is 10.2 Å². The molecular weight excluding hydrogens is 330 g/mol. The van der Waals surface area contributed by atoms with Gasteiger partial charge in [0.2, 0.25) is 0 Å². The fourth-order valence-corrected chi connectivity index (χ4v) is 3.93. The van der Waals surface area contributed by atoms with Gasteiger partial charge in [-0.2, -0.15) is 11.8 Å². The smallest absolute Gasteiger partial charge is 0.256 e. The Kier molecular flexibility index (Phi) is 4.57. The van der Waals surface area contributed by atoms with Crippen molar-refractivity contribution in [2.24, 2.45) is 0 Å². The number of nitrogens with zero attached hydrogens (tertiary/aromatic N) is 2. The first-order chi connectivity index (χ1) is 12.3. The summed E-state index contributed by atoms with van der Waals surface area (Å²) < 4.78 is 0. The molecule has 1 N–H and O–H groups in total. The van der Waals surface area contributed by atoms with Crippen LogP contribution in [-0.4, -0.2) is 35.5 Å². The van der Waals surface area contributed by atoms with Gasteiger partial charge in [-0.15, -0.1) is 0 Å². The SMILES string of the molecule is O=C(Nc1ccccc1)c1cc(N2CCSCC2)nc2ccccc12. The average molecular weight is 349 g/mol. The van der Waals surface area contributed by atoms with Gasteiger partial charge in [0.05, 0.1) is 11.1 Å². The molecule has 0 saturated carbocycles. The minimum absolute atomic E-state index is 0.0996. The van der Waals surface area contributed by atoms with Gasteiger partial charge in [0.15, 0.2) is 0 Å². The van der Waals surface area contributed by atoms with Crippen molar-refractivity contribution in [1.82, 2.24) is 4.98 Å². The van der Waals surface area contributed by atoms with E-state index < -0.39 is 0 Å². The van der Waals surface area contributed by atoms with E-state index in [2.05, 4.69) is 10.2 Å². The molecule has 0 bridgehead atoms. The number of carbonyl (C=O) groups excluding carboxylic acids is 1. The lowest BCUT2D eigenvalue weighted by molar-refractivity contribution is 0.102. The Morgan fingerprint density at radius 3 is 2.52 bits per heavy atom. The van der Waals surface area contributed by atoms with Crippen molar-refractivity contribution in [2.45, 2.75) is 0 Å². The number of amides is 1. The second-order valence-corrected chi connectivity index (χ2v) is 7.19. The van der Waals surface area contributed by atoms with Crippen LogP contribution in [0.5, 0.6) is 0 Å². The Morgan fingerprint density at radius 1 is 1.00 bits per heavy atom. The number of aromatic nitrogens is 1. The average Bonchev–Trinajstić information content (AvgIpc) is 2.68. The third kappa shape index (κ3) is 3.46. The van der Waals surface area contributed by atoms with E-state index >= 15 is 0 Å². The van der Waals surface area contributed by atoms with Crippen LogP contribution in [0.3, 0.4) is 0 Å². The minimum atomic E-state index is -0.0996. The lowest BCUT2D eigenvalue weighted by Gasteiger charge is -2.28. The Hall–Kier alpha value is -2.53. The van der Waals surface area contributed by atoms with Crippen LogP contribution < -0.4 is 10.2 Å². The van der Waals surface area contributed by atoms with Crippen LogP contribution in [0.25, 0.3) is 10.9 Å². The molecule has 1 amide bonds. The first kappa shape index (κ1) is 16.0. The summed E-state index contributed by atoms with van der Waals surface area (Å²) in [4.78, 5) is 20.0. The Labute approximate surface area is 151 Å². The van der Waals surface area contributed by atoms with Crippen LogP contribution in [0.1, 0.15) is 10.4 Å². The molecule has 126 valence electrons. The first-order valence-electron chi connectivity index (χ1n) is 8.40. The van der Waals surface area contributed by atoms with Crippen molar-refractivity contribution >= 4 is 40.1 Å². The van der Waals surface area contributed by atoms with E-state index in [0.29, 0.717) is 5.56 Å². The zero-order valence-corrected chi connectivity index (χ0v) is 14.6. The molecule has 2 heterocycles. The summed E-state index contributed by atoms with van der Waals surface area (Å²) in [5.41, 5.74) is 2.32. The number of rotatable bonds is 3. The summed E-state index contributed by atoms with van der Waals surface area (Å²) in [6.45, 7) is 1.94. The normalized spacial score (nSPS) is 14.5. The molecule has 1 fully saturated rings. The zero-order chi connectivity index (χ0) is 17.1. The number of thioether (sulfide) groups is 1. The lowest BCUT2D eigenvalue weighted by atomic mass is 10.1. The number of fused-ring (bicyclic) bond motifs is 1.